The molecule has 3 heterocycles. The van der Waals surface area contributed by atoms with E-state index < -0.39 is 0 Å². The van der Waals surface area contributed by atoms with Crippen LogP contribution >= 0.6 is 11.3 Å². The molecule has 2 aromatic heterocycles. The Morgan fingerprint density at radius 3 is 3.12 bits per heavy atom. The number of H-pyrrole nitrogens is 1. The van der Waals surface area contributed by atoms with E-state index in [1.165, 1.54) is 39.1 Å². The molecule has 1 amide bonds. The Kier molecular flexibility index (Phi) is 3.65. The fraction of sp³-hybridized carbons (Fsp3) is 0.400. The second-order valence-corrected chi connectivity index (χ2v) is 8.47. The molecule has 5 rings (SSSR count). The van der Waals surface area contributed by atoms with E-state index in [2.05, 4.69) is 52.4 Å². The number of likely N-dealkylation sites (tertiary alicyclic amines) is 1. The number of hydrogen-bond donors (Lipinski definition) is 2. The summed E-state index contributed by atoms with van der Waals surface area (Å²) in [6.07, 6.45) is 3.68. The van der Waals surface area contributed by atoms with Crippen molar-refractivity contribution in [3.05, 3.63) is 46.6 Å². The van der Waals surface area contributed by atoms with Gasteiger partial charge in [0.05, 0.1) is 5.92 Å². The Bertz CT molecular complexity index is 977. The summed E-state index contributed by atoms with van der Waals surface area (Å²) in [6.45, 7) is 2.97. The third-order valence-corrected chi connectivity index (χ3v) is 6.79. The standard InChI is InChI=1S/C20H22N4OS/c1-11-14-9-17-15(13-4-3-5-16(22-11)18(13)14)8-12(10-24(17)2)19(25)23-20-21-6-7-26-20/h3-7,12,15,17,22H,8-10H2,1-2H3,(H,21,23,25)/t12?,15-,17-/m1/s1. The number of hydrogen-bond acceptors (Lipinski definition) is 4. The van der Waals surface area contributed by atoms with Crippen molar-refractivity contribution in [3.63, 3.8) is 0 Å². The fourth-order valence-corrected chi connectivity index (χ4v) is 5.42. The zero-order valence-corrected chi connectivity index (χ0v) is 15.8. The van der Waals surface area contributed by atoms with Crippen molar-refractivity contribution in [3.8, 4) is 0 Å². The van der Waals surface area contributed by atoms with Crippen molar-refractivity contribution in [2.75, 3.05) is 18.9 Å². The Morgan fingerprint density at radius 1 is 1.42 bits per heavy atom. The number of aromatic nitrogens is 2. The van der Waals surface area contributed by atoms with Gasteiger partial charge < -0.3 is 15.2 Å². The van der Waals surface area contributed by atoms with E-state index in [9.17, 15) is 4.79 Å². The lowest BCUT2D eigenvalue weighted by Crippen LogP contribution is -2.50. The van der Waals surface area contributed by atoms with Gasteiger partial charge in [0.15, 0.2) is 5.13 Å². The van der Waals surface area contributed by atoms with Crippen LogP contribution in [0.3, 0.4) is 0 Å². The quantitative estimate of drug-likeness (QED) is 0.729. The van der Waals surface area contributed by atoms with E-state index in [0.717, 1.165) is 19.4 Å². The molecule has 0 spiro atoms. The summed E-state index contributed by atoms with van der Waals surface area (Å²) < 4.78 is 0. The summed E-state index contributed by atoms with van der Waals surface area (Å²) in [7, 11) is 2.16. The number of fused-ring (bicyclic) bond motifs is 2. The molecule has 26 heavy (non-hydrogen) atoms. The third kappa shape index (κ3) is 2.40. The van der Waals surface area contributed by atoms with Gasteiger partial charge in [-0.1, -0.05) is 12.1 Å². The average Bonchev–Trinajstić information content (AvgIpc) is 3.24. The van der Waals surface area contributed by atoms with Crippen LogP contribution in [0.25, 0.3) is 10.9 Å². The Balaban J connectivity index is 1.49. The van der Waals surface area contributed by atoms with Crippen LogP contribution in [-0.2, 0) is 11.2 Å². The number of anilines is 1. The van der Waals surface area contributed by atoms with Crippen LogP contribution in [0.2, 0.25) is 0 Å². The predicted octanol–water partition coefficient (Wildman–Crippen LogP) is 3.53. The molecule has 0 bridgehead atoms. The number of nitrogens with one attached hydrogen (secondary N) is 2. The first-order valence-corrected chi connectivity index (χ1v) is 10.0. The maximum absolute atomic E-state index is 12.8. The van der Waals surface area contributed by atoms with Crippen LogP contribution in [-0.4, -0.2) is 40.4 Å². The van der Waals surface area contributed by atoms with Crippen molar-refractivity contribution in [1.82, 2.24) is 14.9 Å². The number of rotatable bonds is 2. The molecule has 1 aliphatic carbocycles. The lowest BCUT2D eigenvalue weighted by molar-refractivity contribution is -0.122. The molecule has 3 aromatic rings. The summed E-state index contributed by atoms with van der Waals surface area (Å²) in [6, 6.07) is 7.02. The van der Waals surface area contributed by atoms with E-state index in [0.29, 0.717) is 17.1 Å². The highest BCUT2D eigenvalue weighted by atomic mass is 32.1. The molecule has 1 fully saturated rings. The van der Waals surface area contributed by atoms with E-state index >= 15 is 0 Å². The van der Waals surface area contributed by atoms with Crippen LogP contribution in [0, 0.1) is 12.8 Å². The zero-order valence-electron chi connectivity index (χ0n) is 15.0. The summed E-state index contributed by atoms with van der Waals surface area (Å²) >= 11 is 1.47. The maximum atomic E-state index is 12.8. The molecule has 6 heteroatoms. The molecule has 1 aromatic carbocycles. The molecule has 0 radical (unpaired) electrons. The van der Waals surface area contributed by atoms with Gasteiger partial charge >= 0.3 is 0 Å². The van der Waals surface area contributed by atoms with Crippen molar-refractivity contribution in [2.45, 2.75) is 31.7 Å². The number of likely N-dealkylation sites (N-methyl/N-ethyl adjacent to an activating group) is 1. The number of piperidine rings is 1. The summed E-state index contributed by atoms with van der Waals surface area (Å²) in [4.78, 5) is 22.9. The van der Waals surface area contributed by atoms with Gasteiger partial charge in [-0.15, -0.1) is 11.3 Å². The van der Waals surface area contributed by atoms with Crippen molar-refractivity contribution in [1.29, 1.82) is 0 Å². The van der Waals surface area contributed by atoms with Gasteiger partial charge in [0.1, 0.15) is 0 Å². The third-order valence-electron chi connectivity index (χ3n) is 6.10. The SMILES string of the molecule is Cc1[nH]c2cccc3c2c1C[C@@H]1[C@@H]3CC(C(=O)Nc2nccs2)CN1C. The highest BCUT2D eigenvalue weighted by Crippen LogP contribution is 2.45. The molecule has 2 N–H and O–H groups in total. The van der Waals surface area contributed by atoms with Crippen LogP contribution in [0.1, 0.15) is 29.2 Å². The first kappa shape index (κ1) is 16.0. The van der Waals surface area contributed by atoms with Crippen LogP contribution < -0.4 is 5.32 Å². The number of carbonyl (C=O) groups excluding carboxylic acids is 1. The minimum absolute atomic E-state index is 0.0120. The average molecular weight is 366 g/mol. The van der Waals surface area contributed by atoms with Crippen LogP contribution in [0.15, 0.2) is 29.8 Å². The van der Waals surface area contributed by atoms with E-state index in [1.54, 1.807) is 6.20 Å². The van der Waals surface area contributed by atoms with Crippen molar-refractivity contribution in [2.24, 2.45) is 5.92 Å². The molecule has 0 saturated carbocycles. The number of aromatic amines is 1. The number of thiazole rings is 1. The molecular formula is C20H22N4OS. The molecule has 1 unspecified atom stereocenters. The Labute approximate surface area is 156 Å². The first-order valence-electron chi connectivity index (χ1n) is 9.12. The predicted molar refractivity (Wildman–Crippen MR) is 105 cm³/mol. The summed E-state index contributed by atoms with van der Waals surface area (Å²) in [5.41, 5.74) is 5.36. The van der Waals surface area contributed by atoms with Crippen LogP contribution in [0.5, 0.6) is 0 Å². The lowest BCUT2D eigenvalue weighted by atomic mass is 9.72. The fourth-order valence-electron chi connectivity index (χ4n) is 4.89. The summed E-state index contributed by atoms with van der Waals surface area (Å²) in [5, 5.41) is 6.95. The minimum atomic E-state index is -0.0120. The number of amides is 1. The van der Waals surface area contributed by atoms with Crippen molar-refractivity contribution >= 4 is 33.3 Å². The Hall–Kier alpha value is -2.18. The van der Waals surface area contributed by atoms with E-state index in [1.807, 2.05) is 5.38 Å². The van der Waals surface area contributed by atoms with E-state index in [-0.39, 0.29) is 11.8 Å². The van der Waals surface area contributed by atoms with Gasteiger partial charge in [-0.2, -0.15) is 0 Å². The molecular weight excluding hydrogens is 344 g/mol. The minimum Gasteiger partial charge on any atom is -0.358 e. The number of carbonyl (C=O) groups is 1. The number of benzene rings is 1. The molecule has 1 aliphatic heterocycles. The number of nitrogens with zero attached hydrogens (tertiary/aromatic N) is 2. The van der Waals surface area contributed by atoms with E-state index in [4.69, 9.17) is 0 Å². The molecule has 5 nitrogen and oxygen atoms in total. The second kappa shape index (κ2) is 5.93. The highest BCUT2D eigenvalue weighted by molar-refractivity contribution is 7.13. The van der Waals surface area contributed by atoms with Gasteiger partial charge in [-0.25, -0.2) is 4.98 Å². The first-order chi connectivity index (χ1) is 12.6. The van der Waals surface area contributed by atoms with Gasteiger partial charge in [-0.05, 0) is 44.0 Å². The van der Waals surface area contributed by atoms with Gasteiger partial charge in [0.25, 0.3) is 0 Å². The topological polar surface area (TPSA) is 61.0 Å². The number of aryl methyl sites for hydroxylation is 1. The Morgan fingerprint density at radius 2 is 2.31 bits per heavy atom. The molecule has 1 saturated heterocycles. The molecule has 2 aliphatic rings. The van der Waals surface area contributed by atoms with Crippen LogP contribution in [0.4, 0.5) is 5.13 Å². The monoisotopic (exact) mass is 366 g/mol. The van der Waals surface area contributed by atoms with Gasteiger partial charge in [0, 0.05) is 46.7 Å². The van der Waals surface area contributed by atoms with Gasteiger partial charge in [0.2, 0.25) is 5.91 Å². The smallest absolute Gasteiger partial charge is 0.230 e. The van der Waals surface area contributed by atoms with Gasteiger partial charge in [-0.3, -0.25) is 4.79 Å². The molecule has 134 valence electrons. The zero-order chi connectivity index (χ0) is 17.8. The van der Waals surface area contributed by atoms with Crippen molar-refractivity contribution < 1.29 is 4.79 Å². The largest absolute Gasteiger partial charge is 0.358 e. The normalized spacial score (nSPS) is 25.2. The maximum Gasteiger partial charge on any atom is 0.230 e. The molecule has 3 atom stereocenters. The second-order valence-electron chi connectivity index (χ2n) is 7.58. The highest BCUT2D eigenvalue weighted by Gasteiger charge is 2.41. The summed E-state index contributed by atoms with van der Waals surface area (Å²) in [5.74, 6) is 0.475. The lowest BCUT2D eigenvalue weighted by Gasteiger charge is -2.45.